The third kappa shape index (κ3) is 4.60. The van der Waals surface area contributed by atoms with Crippen LogP contribution in [0.5, 0.6) is 0 Å². The highest BCUT2D eigenvalue weighted by Gasteiger charge is 2.07. The molecule has 72 valence electrons. The molecule has 0 bridgehead atoms. The number of allylic oxidation sites excluding steroid dienone is 1. The van der Waals surface area contributed by atoms with E-state index in [4.69, 9.17) is 0 Å². The van der Waals surface area contributed by atoms with Gasteiger partial charge in [-0.3, -0.25) is 0 Å². The van der Waals surface area contributed by atoms with Crippen LogP contribution in [-0.2, 0) is 0 Å². The minimum atomic E-state index is -0.0102. The minimum Gasteiger partial charge on any atom is -0.394 e. The molecule has 0 aliphatic carbocycles. The second kappa shape index (κ2) is 6.29. The Labute approximate surface area is 79.5 Å². The Morgan fingerprint density at radius 2 is 2.00 bits per heavy atom. The minimum absolute atomic E-state index is 0.0102. The summed E-state index contributed by atoms with van der Waals surface area (Å²) in [6, 6.07) is 0. The third-order valence-corrected chi connectivity index (χ3v) is 5.12. The number of hydrogen-bond acceptors (Lipinski definition) is 1. The van der Waals surface area contributed by atoms with Crippen molar-refractivity contribution in [3.05, 3.63) is 11.4 Å². The van der Waals surface area contributed by atoms with Crippen LogP contribution in [0.1, 0.15) is 34.1 Å². The van der Waals surface area contributed by atoms with E-state index >= 15 is 0 Å². The van der Waals surface area contributed by atoms with Crippen molar-refractivity contribution in [2.45, 2.75) is 39.7 Å². The second-order valence-corrected chi connectivity index (χ2v) is 6.50. The number of hydrogen-bond donors (Lipinski definition) is 1. The van der Waals surface area contributed by atoms with Gasteiger partial charge in [-0.15, -0.1) is 0 Å². The monoisotopic (exact) mass is 185 g/mol. The summed E-state index contributed by atoms with van der Waals surface area (Å²) < 4.78 is 0. The molecular formula is C10H23NSi. The van der Waals surface area contributed by atoms with Gasteiger partial charge in [0.05, 0.1) is 9.52 Å². The lowest BCUT2D eigenvalue weighted by molar-refractivity contribution is 0.784. The third-order valence-electron chi connectivity index (χ3n) is 2.35. The van der Waals surface area contributed by atoms with Crippen LogP contribution in [0.2, 0.25) is 5.54 Å². The normalized spacial score (nSPS) is 16.0. The van der Waals surface area contributed by atoms with Gasteiger partial charge in [0.25, 0.3) is 0 Å². The van der Waals surface area contributed by atoms with Gasteiger partial charge in [-0.1, -0.05) is 44.9 Å². The average molecular weight is 185 g/mol. The van der Waals surface area contributed by atoms with Gasteiger partial charge in [0.2, 0.25) is 0 Å². The molecule has 0 aromatic carbocycles. The van der Waals surface area contributed by atoms with Gasteiger partial charge in [0, 0.05) is 7.05 Å². The lowest BCUT2D eigenvalue weighted by Gasteiger charge is -2.14. The van der Waals surface area contributed by atoms with Gasteiger partial charge < -0.3 is 5.32 Å². The predicted octanol–water partition coefficient (Wildman–Crippen LogP) is 2.09. The fourth-order valence-electron chi connectivity index (χ4n) is 1.19. The molecule has 0 radical (unpaired) electrons. The second-order valence-electron chi connectivity index (χ2n) is 3.88. The van der Waals surface area contributed by atoms with Gasteiger partial charge in [-0.05, 0) is 12.1 Å². The van der Waals surface area contributed by atoms with Gasteiger partial charge >= 0.3 is 0 Å². The Morgan fingerprint density at radius 1 is 1.42 bits per heavy atom. The first-order valence-electron chi connectivity index (χ1n) is 4.98. The fourth-order valence-corrected chi connectivity index (χ4v) is 3.08. The van der Waals surface area contributed by atoms with Crippen molar-refractivity contribution in [2.24, 2.45) is 5.92 Å². The van der Waals surface area contributed by atoms with Gasteiger partial charge in [-0.2, -0.15) is 0 Å². The highest BCUT2D eigenvalue weighted by atomic mass is 28.2. The van der Waals surface area contributed by atoms with Crippen molar-refractivity contribution in [2.75, 3.05) is 7.05 Å². The van der Waals surface area contributed by atoms with E-state index in [1.807, 2.05) is 7.05 Å². The number of rotatable bonds is 5. The summed E-state index contributed by atoms with van der Waals surface area (Å²) >= 11 is 0. The van der Waals surface area contributed by atoms with Crippen molar-refractivity contribution in [3.8, 4) is 0 Å². The maximum atomic E-state index is 3.15. The van der Waals surface area contributed by atoms with Crippen LogP contribution in [0.4, 0.5) is 0 Å². The van der Waals surface area contributed by atoms with E-state index < -0.39 is 0 Å². The quantitative estimate of drug-likeness (QED) is 0.647. The molecule has 0 amide bonds. The van der Waals surface area contributed by atoms with Crippen molar-refractivity contribution >= 4 is 9.52 Å². The zero-order valence-corrected chi connectivity index (χ0v) is 10.6. The predicted molar refractivity (Wildman–Crippen MR) is 60.2 cm³/mol. The molecule has 2 heteroatoms. The smallest absolute Gasteiger partial charge is 0.0545 e. The summed E-state index contributed by atoms with van der Waals surface area (Å²) in [7, 11) is 1.98. The number of nitrogens with one attached hydrogen (secondary N) is 1. The first kappa shape index (κ1) is 11.8. The highest BCUT2D eigenvalue weighted by Crippen LogP contribution is 2.16. The molecule has 0 aliphatic heterocycles. The van der Waals surface area contributed by atoms with Gasteiger partial charge in [-0.25, -0.2) is 0 Å². The van der Waals surface area contributed by atoms with Crippen LogP contribution in [0.3, 0.4) is 0 Å². The summed E-state index contributed by atoms with van der Waals surface area (Å²) in [5.41, 5.74) is 0.951. The average Bonchev–Trinajstić information content (AvgIpc) is 2.03. The van der Waals surface area contributed by atoms with Gasteiger partial charge in [0.15, 0.2) is 0 Å². The van der Waals surface area contributed by atoms with Crippen LogP contribution >= 0.6 is 0 Å². The summed E-state index contributed by atoms with van der Waals surface area (Å²) in [6.07, 6.45) is 3.54. The highest BCUT2D eigenvalue weighted by molar-refractivity contribution is 6.47. The van der Waals surface area contributed by atoms with E-state index in [9.17, 15) is 0 Å². The molecule has 0 aromatic heterocycles. The van der Waals surface area contributed by atoms with E-state index in [1.54, 1.807) is 5.20 Å². The van der Waals surface area contributed by atoms with Crippen molar-refractivity contribution in [1.82, 2.24) is 5.32 Å². The zero-order valence-electron chi connectivity index (χ0n) is 9.15. The Hall–Kier alpha value is -0.243. The van der Waals surface area contributed by atoms with E-state index in [0.717, 1.165) is 11.5 Å². The van der Waals surface area contributed by atoms with Crippen LogP contribution in [0.25, 0.3) is 0 Å². The van der Waals surface area contributed by atoms with Gasteiger partial charge in [0.1, 0.15) is 0 Å². The first-order chi connectivity index (χ1) is 5.61. The molecule has 0 aliphatic rings. The van der Waals surface area contributed by atoms with Crippen molar-refractivity contribution in [3.63, 3.8) is 0 Å². The summed E-state index contributed by atoms with van der Waals surface area (Å²) in [4.78, 5) is 0. The maximum absolute atomic E-state index is 3.15. The molecule has 1 N–H and O–H groups in total. The van der Waals surface area contributed by atoms with Crippen molar-refractivity contribution < 1.29 is 0 Å². The topological polar surface area (TPSA) is 12.0 Å². The van der Waals surface area contributed by atoms with Crippen LogP contribution in [0, 0.1) is 5.92 Å². The Balaban J connectivity index is 4.05. The Kier molecular flexibility index (Phi) is 6.16. The molecule has 0 saturated heterocycles. The van der Waals surface area contributed by atoms with E-state index in [2.05, 4.69) is 39.2 Å². The summed E-state index contributed by atoms with van der Waals surface area (Å²) in [5, 5.41) is 4.82. The fraction of sp³-hybridized carbons (Fsp3) is 0.800. The molecule has 1 atom stereocenters. The Bertz CT molecular complexity index is 141. The standard InChI is InChI=1S/C10H23NSi/c1-6-9(4)12-10(7-11-5)8(2)3/h7-9,11H,6,12H2,1-5H3. The Morgan fingerprint density at radius 3 is 2.33 bits per heavy atom. The van der Waals surface area contributed by atoms with Crippen LogP contribution in [0.15, 0.2) is 11.4 Å². The molecule has 0 rings (SSSR count). The summed E-state index contributed by atoms with van der Waals surface area (Å²) in [6.45, 7) is 9.24. The lowest BCUT2D eigenvalue weighted by atomic mass is 10.2. The molecule has 0 spiro atoms. The first-order valence-corrected chi connectivity index (χ1v) is 6.50. The molecular weight excluding hydrogens is 162 g/mol. The SMILES string of the molecule is CCC(C)[SiH2]C(=CNC)C(C)C. The summed E-state index contributed by atoms with van der Waals surface area (Å²) in [5.74, 6) is 0.734. The maximum Gasteiger partial charge on any atom is 0.0545 e. The molecule has 0 fully saturated rings. The van der Waals surface area contributed by atoms with Crippen LogP contribution in [-0.4, -0.2) is 16.6 Å². The zero-order chi connectivity index (χ0) is 9.56. The molecule has 0 heterocycles. The lowest BCUT2D eigenvalue weighted by Crippen LogP contribution is -2.11. The van der Waals surface area contributed by atoms with E-state index in [0.29, 0.717) is 0 Å². The molecule has 0 saturated carbocycles. The molecule has 1 nitrogen and oxygen atoms in total. The van der Waals surface area contributed by atoms with E-state index in [-0.39, 0.29) is 9.52 Å². The van der Waals surface area contributed by atoms with E-state index in [1.165, 1.54) is 6.42 Å². The molecule has 1 unspecified atom stereocenters. The van der Waals surface area contributed by atoms with Crippen LogP contribution < -0.4 is 5.32 Å². The molecule has 12 heavy (non-hydrogen) atoms. The molecule has 0 aromatic rings. The largest absolute Gasteiger partial charge is 0.394 e. The van der Waals surface area contributed by atoms with Crippen molar-refractivity contribution in [1.29, 1.82) is 0 Å².